The Balaban J connectivity index is 2.47. The highest BCUT2D eigenvalue weighted by Gasteiger charge is 2.59. The highest BCUT2D eigenvalue weighted by Crippen LogP contribution is 2.52. The van der Waals surface area contributed by atoms with Crippen LogP contribution in [0.2, 0.25) is 0 Å². The molecular weight excluding hydrogens is 304 g/mol. The average Bonchev–Trinajstić information content (AvgIpc) is 2.58. The van der Waals surface area contributed by atoms with E-state index < -0.39 is 11.6 Å². The van der Waals surface area contributed by atoms with E-state index in [0.29, 0.717) is 5.56 Å². The minimum atomic E-state index is -0.489. The summed E-state index contributed by atoms with van der Waals surface area (Å²) >= 11 is 0. The van der Waals surface area contributed by atoms with Gasteiger partial charge in [-0.05, 0) is 37.5 Å². The molecule has 0 bridgehead atoms. The highest BCUT2D eigenvalue weighted by molar-refractivity contribution is 5.66. The Morgan fingerprint density at radius 3 is 2.42 bits per heavy atom. The molecule has 1 nitrogen and oxygen atoms in total. The number of aromatic nitrogens is 1. The number of nitrogens with zero attached hydrogens (tertiary/aromatic N) is 1. The second-order valence-electron chi connectivity index (χ2n) is 7.09. The minimum Gasteiger partial charge on any atom is -0.207 e. The largest absolute Gasteiger partial charge is 0.216 e. The van der Waals surface area contributed by atoms with Crippen LogP contribution in [0.3, 0.4) is 0 Å². The standard InChI is InChI=1S/C21H26F2N/c1-5-11-21(7-3)20(4,6-2)16-13-15(22)14-17(23)19(16)18-10-8-9-12-24(18)21/h8-10,12-14H,5-7,11H2,1-4H3/q+1. The number of hydrogen-bond acceptors (Lipinski definition) is 0. The maximum absolute atomic E-state index is 14.8. The smallest absolute Gasteiger partial charge is 0.207 e. The Bertz CT molecular complexity index is 770. The zero-order valence-electron chi connectivity index (χ0n) is 15.0. The van der Waals surface area contributed by atoms with Gasteiger partial charge in [-0.2, -0.15) is 4.57 Å². The summed E-state index contributed by atoms with van der Waals surface area (Å²) in [5.41, 5.74) is 1.71. The lowest BCUT2D eigenvalue weighted by Gasteiger charge is -2.48. The number of benzene rings is 1. The van der Waals surface area contributed by atoms with E-state index in [4.69, 9.17) is 0 Å². The van der Waals surface area contributed by atoms with Crippen molar-refractivity contribution in [3.8, 4) is 11.3 Å². The summed E-state index contributed by atoms with van der Waals surface area (Å²) in [5.74, 6) is -0.956. The molecule has 2 aromatic rings. The van der Waals surface area contributed by atoms with Crippen LogP contribution in [0.4, 0.5) is 8.78 Å². The van der Waals surface area contributed by atoms with Gasteiger partial charge in [-0.1, -0.05) is 20.8 Å². The maximum Gasteiger partial charge on any atom is 0.216 e. The third kappa shape index (κ3) is 2.06. The molecule has 2 heterocycles. The second-order valence-corrected chi connectivity index (χ2v) is 7.09. The monoisotopic (exact) mass is 330 g/mol. The van der Waals surface area contributed by atoms with Crippen LogP contribution < -0.4 is 4.57 Å². The molecule has 1 aromatic carbocycles. The normalized spacial score (nSPS) is 25.2. The average molecular weight is 330 g/mol. The van der Waals surface area contributed by atoms with Gasteiger partial charge >= 0.3 is 0 Å². The summed E-state index contributed by atoms with van der Waals surface area (Å²) in [6.07, 6.45) is 5.82. The van der Waals surface area contributed by atoms with Gasteiger partial charge in [0.15, 0.2) is 11.7 Å². The van der Waals surface area contributed by atoms with E-state index >= 15 is 0 Å². The van der Waals surface area contributed by atoms with Gasteiger partial charge < -0.3 is 0 Å². The van der Waals surface area contributed by atoms with Gasteiger partial charge in [0.25, 0.3) is 0 Å². The first-order valence-electron chi connectivity index (χ1n) is 8.96. The quantitative estimate of drug-likeness (QED) is 0.651. The predicted octanol–water partition coefficient (Wildman–Crippen LogP) is 5.51. The summed E-state index contributed by atoms with van der Waals surface area (Å²) in [5, 5.41) is 0. The molecule has 0 spiro atoms. The van der Waals surface area contributed by atoms with Gasteiger partial charge in [0.05, 0.1) is 11.0 Å². The van der Waals surface area contributed by atoms with Gasteiger partial charge in [-0.3, -0.25) is 0 Å². The molecule has 3 heteroatoms. The molecule has 0 amide bonds. The predicted molar refractivity (Wildman–Crippen MR) is 92.8 cm³/mol. The van der Waals surface area contributed by atoms with E-state index in [9.17, 15) is 8.78 Å². The van der Waals surface area contributed by atoms with Crippen LogP contribution in [0.15, 0.2) is 36.5 Å². The van der Waals surface area contributed by atoms with Crippen LogP contribution in [0.5, 0.6) is 0 Å². The van der Waals surface area contributed by atoms with Gasteiger partial charge in [0.2, 0.25) is 5.69 Å². The topological polar surface area (TPSA) is 3.88 Å². The Kier molecular flexibility index (Phi) is 4.23. The first kappa shape index (κ1) is 17.1. The molecule has 24 heavy (non-hydrogen) atoms. The number of hydrogen-bond donors (Lipinski definition) is 0. The van der Waals surface area contributed by atoms with Crippen molar-refractivity contribution >= 4 is 0 Å². The minimum absolute atomic E-state index is 0.180. The lowest BCUT2D eigenvalue weighted by molar-refractivity contribution is -0.770. The molecule has 3 rings (SSSR count). The van der Waals surface area contributed by atoms with Crippen LogP contribution in [0.1, 0.15) is 58.9 Å². The molecule has 128 valence electrons. The van der Waals surface area contributed by atoms with Gasteiger partial charge in [-0.25, -0.2) is 8.78 Å². The Morgan fingerprint density at radius 1 is 1.04 bits per heavy atom. The van der Waals surface area contributed by atoms with Crippen molar-refractivity contribution in [1.29, 1.82) is 0 Å². The van der Waals surface area contributed by atoms with E-state index in [0.717, 1.165) is 43.0 Å². The zero-order chi connectivity index (χ0) is 17.5. The van der Waals surface area contributed by atoms with Gasteiger partial charge in [0.1, 0.15) is 11.6 Å². The lowest BCUT2D eigenvalue weighted by Crippen LogP contribution is -2.69. The molecule has 2 atom stereocenters. The fourth-order valence-corrected chi connectivity index (χ4v) is 4.87. The SMILES string of the molecule is CCCC1(CC)[n+]2ccccc2-c2c(F)cc(F)cc2C1(C)CC. The molecule has 0 radical (unpaired) electrons. The first-order chi connectivity index (χ1) is 11.4. The van der Waals surface area contributed by atoms with Crippen LogP contribution in [-0.2, 0) is 11.0 Å². The van der Waals surface area contributed by atoms with E-state index in [1.807, 2.05) is 18.2 Å². The van der Waals surface area contributed by atoms with E-state index in [2.05, 4.69) is 38.5 Å². The molecule has 1 aliphatic heterocycles. The second kappa shape index (κ2) is 5.94. The van der Waals surface area contributed by atoms with Crippen LogP contribution in [0.25, 0.3) is 11.3 Å². The van der Waals surface area contributed by atoms with Gasteiger partial charge in [-0.15, -0.1) is 0 Å². The summed E-state index contributed by atoms with van der Waals surface area (Å²) in [7, 11) is 0. The summed E-state index contributed by atoms with van der Waals surface area (Å²) in [6, 6.07) is 8.45. The number of rotatable bonds is 4. The van der Waals surface area contributed by atoms with Crippen LogP contribution in [-0.4, -0.2) is 0 Å². The van der Waals surface area contributed by atoms with Gasteiger partial charge in [0, 0.05) is 31.0 Å². The maximum atomic E-state index is 14.8. The molecular formula is C21H26F2N+. The van der Waals surface area contributed by atoms with Crippen molar-refractivity contribution in [3.63, 3.8) is 0 Å². The van der Waals surface area contributed by atoms with E-state index in [1.165, 1.54) is 0 Å². The number of halogens is 2. The molecule has 0 fully saturated rings. The number of fused-ring (bicyclic) bond motifs is 3. The lowest BCUT2D eigenvalue weighted by atomic mass is 9.58. The summed E-state index contributed by atoms with van der Waals surface area (Å²) in [4.78, 5) is 0. The van der Waals surface area contributed by atoms with Crippen molar-refractivity contribution in [2.45, 2.75) is 64.3 Å². The third-order valence-corrected chi connectivity index (χ3v) is 6.21. The van der Waals surface area contributed by atoms with E-state index in [-0.39, 0.29) is 11.0 Å². The summed E-state index contributed by atoms with van der Waals surface area (Å²) < 4.78 is 31.1. The Hall–Kier alpha value is -1.77. The summed E-state index contributed by atoms with van der Waals surface area (Å²) in [6.45, 7) is 8.67. The zero-order valence-corrected chi connectivity index (χ0v) is 15.0. The third-order valence-electron chi connectivity index (χ3n) is 6.21. The van der Waals surface area contributed by atoms with Crippen LogP contribution in [0, 0.1) is 11.6 Å². The van der Waals surface area contributed by atoms with Crippen molar-refractivity contribution in [3.05, 3.63) is 53.7 Å². The van der Waals surface area contributed by atoms with Crippen molar-refractivity contribution in [2.75, 3.05) is 0 Å². The van der Waals surface area contributed by atoms with Crippen molar-refractivity contribution < 1.29 is 13.3 Å². The molecule has 0 N–H and O–H groups in total. The molecule has 0 saturated carbocycles. The number of pyridine rings is 1. The molecule has 0 aliphatic carbocycles. The molecule has 1 aliphatic rings. The van der Waals surface area contributed by atoms with Crippen LogP contribution >= 0.6 is 0 Å². The highest BCUT2D eigenvalue weighted by atomic mass is 19.1. The Labute approximate surface area is 143 Å². The fourth-order valence-electron chi connectivity index (χ4n) is 4.87. The van der Waals surface area contributed by atoms with Crippen molar-refractivity contribution in [2.24, 2.45) is 0 Å². The first-order valence-corrected chi connectivity index (χ1v) is 8.96. The molecule has 1 aromatic heterocycles. The van der Waals surface area contributed by atoms with Crippen molar-refractivity contribution in [1.82, 2.24) is 0 Å². The molecule has 0 saturated heterocycles. The molecule has 2 unspecified atom stereocenters. The fraction of sp³-hybridized carbons (Fsp3) is 0.476. The Morgan fingerprint density at radius 2 is 1.79 bits per heavy atom. The van der Waals surface area contributed by atoms with E-state index in [1.54, 1.807) is 6.07 Å².